The number of carbonyl (C=O) groups excluding carboxylic acids is 4. The molecule has 2 aliphatic rings. The number of rotatable bonds is 28. The van der Waals surface area contributed by atoms with Gasteiger partial charge in [0, 0.05) is 39.4 Å². The fourth-order valence-electron chi connectivity index (χ4n) is 9.53. The van der Waals surface area contributed by atoms with E-state index >= 15 is 0 Å². The van der Waals surface area contributed by atoms with Crippen LogP contribution in [0.25, 0.3) is 0 Å². The number of thiazole rings is 1. The van der Waals surface area contributed by atoms with Crippen LogP contribution < -0.4 is 16.5 Å². The highest BCUT2D eigenvalue weighted by molar-refractivity contribution is 7.09. The molecule has 0 aromatic carbocycles. The molecule has 0 bridgehead atoms. The molecule has 0 saturated carbocycles. The van der Waals surface area contributed by atoms with Gasteiger partial charge in [0.1, 0.15) is 11.0 Å². The van der Waals surface area contributed by atoms with Gasteiger partial charge < -0.3 is 34.7 Å². The fraction of sp³-hybridized carbons (Fsp3) is 0.771. The third kappa shape index (κ3) is 15.7. The predicted octanol–water partition coefficient (Wildman–Crippen LogP) is 6.68. The van der Waals surface area contributed by atoms with Crippen LogP contribution in [0.5, 0.6) is 0 Å². The lowest BCUT2D eigenvalue weighted by Crippen LogP contribution is -2.60. The van der Waals surface area contributed by atoms with Crippen molar-refractivity contribution in [1.29, 1.82) is 0 Å². The number of methoxy groups -OCH3 is 2. The molecule has 0 radical (unpaired) electrons. The normalized spacial score (nSPS) is 20.5. The van der Waals surface area contributed by atoms with Crippen LogP contribution in [-0.2, 0) is 33.5 Å². The molecule has 10 atom stereocenters. The average molecular weight is 902 g/mol. The summed E-state index contributed by atoms with van der Waals surface area (Å²) in [7, 11) is 6.93. The minimum Gasteiger partial charge on any atom is -0.379 e. The van der Waals surface area contributed by atoms with Gasteiger partial charge in [0.25, 0.3) is 0 Å². The Morgan fingerprint density at radius 3 is 2.29 bits per heavy atom. The van der Waals surface area contributed by atoms with Crippen molar-refractivity contribution in [2.45, 2.75) is 162 Å². The van der Waals surface area contributed by atoms with Crippen molar-refractivity contribution in [2.75, 3.05) is 48.0 Å². The first-order valence-electron chi connectivity index (χ1n) is 23.5. The van der Waals surface area contributed by atoms with E-state index in [-0.39, 0.29) is 59.9 Å². The standard InChI is InChI=1S/C48H83N7O7S/c1-13-34(7)43(54(10)48(59)41(31(2)3)52-46(58)42(32(4)5)53(9)24-16-14-15-17-26-62-49)39(60-11)30-40(56)55-25-19-22-38(55)44(61-12)35(8)45(57)51-37(47-50-23-27-63-47)29-36-21-18-20-33(6)28-36/h18,21,23,27-28,31-35,37-39,41-44H,13-17,19-20,22,24-26,29-30,49H2,1-12H3,(H,51,57)(H,52,58). The largest absolute Gasteiger partial charge is 0.379 e. The Hall–Kier alpha value is -3.21. The number of nitrogens with zero attached hydrogens (tertiary/aromatic N) is 4. The third-order valence-electron chi connectivity index (χ3n) is 13.2. The second-order valence-corrected chi connectivity index (χ2v) is 19.7. The lowest BCUT2D eigenvalue weighted by molar-refractivity contribution is -0.148. The molecule has 1 aliphatic carbocycles. The summed E-state index contributed by atoms with van der Waals surface area (Å²) in [5.41, 5.74) is 1.17. The van der Waals surface area contributed by atoms with Crippen molar-refractivity contribution in [3.8, 4) is 0 Å². The van der Waals surface area contributed by atoms with E-state index in [1.807, 2.05) is 51.9 Å². The van der Waals surface area contributed by atoms with Gasteiger partial charge in [-0.2, -0.15) is 0 Å². The summed E-state index contributed by atoms with van der Waals surface area (Å²) < 4.78 is 12.2. The van der Waals surface area contributed by atoms with Gasteiger partial charge in [0.05, 0.1) is 55.3 Å². The van der Waals surface area contributed by atoms with Crippen LogP contribution in [0.1, 0.15) is 131 Å². The maximum Gasteiger partial charge on any atom is 0.245 e. The van der Waals surface area contributed by atoms with E-state index in [0.29, 0.717) is 31.9 Å². The van der Waals surface area contributed by atoms with Crippen LogP contribution in [0.4, 0.5) is 0 Å². The molecule has 15 heteroatoms. The van der Waals surface area contributed by atoms with E-state index in [1.54, 1.807) is 32.4 Å². The van der Waals surface area contributed by atoms with Crippen LogP contribution in [-0.4, -0.2) is 128 Å². The number of allylic oxidation sites excluding steroid dienone is 3. The molecule has 3 rings (SSSR count). The predicted molar refractivity (Wildman–Crippen MR) is 251 cm³/mol. The summed E-state index contributed by atoms with van der Waals surface area (Å²) in [4.78, 5) is 72.0. The number of ether oxygens (including phenoxy) is 2. The number of unbranched alkanes of at least 4 members (excludes halogenated alkanes) is 3. The molecule has 1 aromatic heterocycles. The van der Waals surface area contributed by atoms with Crippen molar-refractivity contribution in [3.63, 3.8) is 0 Å². The van der Waals surface area contributed by atoms with E-state index in [9.17, 15) is 19.2 Å². The minimum absolute atomic E-state index is 0.0220. The number of nitrogens with two attached hydrogens (primary N) is 1. The molecule has 358 valence electrons. The molecule has 4 amide bonds. The summed E-state index contributed by atoms with van der Waals surface area (Å²) in [6.45, 7) is 18.0. The highest BCUT2D eigenvalue weighted by Crippen LogP contribution is 2.32. The monoisotopic (exact) mass is 902 g/mol. The molecular weight excluding hydrogens is 819 g/mol. The topological polar surface area (TPSA) is 169 Å². The zero-order valence-corrected chi connectivity index (χ0v) is 41.5. The molecule has 14 nitrogen and oxygen atoms in total. The SMILES string of the molecule is CCC(C)C(C(CC(=O)N1CCCC1C(OC)C(C)C(=O)NC(CC1=CC(C)CC=C1)c1nccs1)OC)N(C)C(=O)C(NC(=O)C(C(C)C)N(C)CCCCCCON)C(C)C. The number of amides is 4. The Balaban J connectivity index is 1.75. The Kier molecular flexibility index (Phi) is 23.5. The van der Waals surface area contributed by atoms with Crippen molar-refractivity contribution < 1.29 is 33.5 Å². The second-order valence-electron chi connectivity index (χ2n) is 18.8. The maximum atomic E-state index is 14.6. The van der Waals surface area contributed by atoms with Crippen molar-refractivity contribution in [1.82, 2.24) is 30.3 Å². The Morgan fingerprint density at radius 1 is 0.984 bits per heavy atom. The number of hydrogen-bond donors (Lipinski definition) is 3. The Morgan fingerprint density at radius 2 is 1.70 bits per heavy atom. The van der Waals surface area contributed by atoms with Crippen molar-refractivity contribution in [3.05, 3.63) is 40.4 Å². The lowest BCUT2D eigenvalue weighted by Gasteiger charge is -2.41. The van der Waals surface area contributed by atoms with E-state index in [1.165, 1.54) is 16.9 Å². The van der Waals surface area contributed by atoms with Crippen molar-refractivity contribution >= 4 is 35.0 Å². The summed E-state index contributed by atoms with van der Waals surface area (Å²) in [6.07, 6.45) is 14.9. The number of likely N-dealkylation sites (N-methyl/N-ethyl adjacent to an activating group) is 2. The number of nitrogens with one attached hydrogen (secondary N) is 2. The second kappa shape index (κ2) is 27.3. The van der Waals surface area contributed by atoms with Crippen LogP contribution in [0.3, 0.4) is 0 Å². The number of aromatic nitrogens is 1. The summed E-state index contributed by atoms with van der Waals surface area (Å²) in [5.74, 6) is 4.20. The molecule has 10 unspecified atom stereocenters. The first-order chi connectivity index (χ1) is 30.0. The molecule has 63 heavy (non-hydrogen) atoms. The van der Waals surface area contributed by atoms with E-state index in [2.05, 4.69) is 64.4 Å². The Labute approximate surface area is 383 Å². The molecule has 4 N–H and O–H groups in total. The van der Waals surface area contributed by atoms with Gasteiger partial charge in [-0.05, 0) is 81.4 Å². The molecule has 2 heterocycles. The quantitative estimate of drug-likeness (QED) is 0.0610. The molecule has 1 aliphatic heterocycles. The molecule has 0 spiro atoms. The molecule has 1 saturated heterocycles. The molecule has 1 aromatic rings. The zero-order chi connectivity index (χ0) is 46.8. The lowest BCUT2D eigenvalue weighted by atomic mass is 9.89. The van der Waals surface area contributed by atoms with Crippen LogP contribution in [0.2, 0.25) is 0 Å². The molecule has 1 fully saturated rings. The summed E-state index contributed by atoms with van der Waals surface area (Å²) >= 11 is 1.52. The number of carbonyl (C=O) groups is 4. The van der Waals surface area contributed by atoms with E-state index in [4.69, 9.17) is 15.4 Å². The number of likely N-dealkylation sites (tertiary alicyclic amines) is 1. The highest BCUT2D eigenvalue weighted by atomic mass is 32.1. The van der Waals surface area contributed by atoms with Gasteiger partial charge >= 0.3 is 0 Å². The summed E-state index contributed by atoms with van der Waals surface area (Å²) in [5, 5.41) is 9.20. The summed E-state index contributed by atoms with van der Waals surface area (Å²) in [6, 6.07) is -2.25. The van der Waals surface area contributed by atoms with Gasteiger partial charge in [0.15, 0.2) is 0 Å². The number of hydrogen-bond acceptors (Lipinski definition) is 11. The van der Waals surface area contributed by atoms with Gasteiger partial charge in [0.2, 0.25) is 23.6 Å². The first kappa shape index (κ1) is 54.1. The van der Waals surface area contributed by atoms with Crippen LogP contribution in [0.15, 0.2) is 35.4 Å². The van der Waals surface area contributed by atoms with Gasteiger partial charge in [-0.15, -0.1) is 11.3 Å². The van der Waals surface area contributed by atoms with Crippen molar-refractivity contribution in [2.24, 2.45) is 35.5 Å². The molecular formula is C48H83N7O7S. The highest BCUT2D eigenvalue weighted by Gasteiger charge is 2.43. The fourth-order valence-corrected chi connectivity index (χ4v) is 10.2. The van der Waals surface area contributed by atoms with E-state index < -0.39 is 36.3 Å². The van der Waals surface area contributed by atoms with Crippen LogP contribution in [0, 0.1) is 29.6 Å². The smallest absolute Gasteiger partial charge is 0.245 e. The van der Waals surface area contributed by atoms with Gasteiger partial charge in [-0.25, -0.2) is 10.9 Å². The third-order valence-corrected chi connectivity index (χ3v) is 14.1. The average Bonchev–Trinajstić information content (AvgIpc) is 3.97. The first-order valence-corrected chi connectivity index (χ1v) is 24.4. The van der Waals surface area contributed by atoms with Gasteiger partial charge in [-0.1, -0.05) is 92.9 Å². The maximum absolute atomic E-state index is 14.6. The van der Waals surface area contributed by atoms with Gasteiger partial charge in [-0.3, -0.25) is 24.1 Å². The Bertz CT molecular complexity index is 1610. The van der Waals surface area contributed by atoms with E-state index in [0.717, 1.165) is 56.5 Å². The zero-order valence-electron chi connectivity index (χ0n) is 40.6. The minimum atomic E-state index is -0.777. The van der Waals surface area contributed by atoms with Crippen LogP contribution >= 0.6 is 11.3 Å².